The van der Waals surface area contributed by atoms with Crippen LogP contribution < -0.4 is 0 Å². The second kappa shape index (κ2) is 8.72. The van der Waals surface area contributed by atoms with Crippen molar-refractivity contribution in [2.75, 3.05) is 13.1 Å². The van der Waals surface area contributed by atoms with Crippen LogP contribution in [0.5, 0.6) is 0 Å². The van der Waals surface area contributed by atoms with Gasteiger partial charge in [0, 0.05) is 5.75 Å². The minimum atomic E-state index is 0.827. The van der Waals surface area contributed by atoms with Crippen LogP contribution >= 0.6 is 11.8 Å². The highest BCUT2D eigenvalue weighted by molar-refractivity contribution is 7.98. The summed E-state index contributed by atoms with van der Waals surface area (Å²) < 4.78 is 2.30. The Morgan fingerprint density at radius 2 is 1.67 bits per heavy atom. The van der Waals surface area contributed by atoms with Gasteiger partial charge in [0.05, 0.1) is 13.1 Å². The molecule has 0 aliphatic carbocycles. The summed E-state index contributed by atoms with van der Waals surface area (Å²) in [7, 11) is 0. The van der Waals surface area contributed by atoms with Gasteiger partial charge in [-0.15, -0.1) is 10.2 Å². The fourth-order valence-electron chi connectivity index (χ4n) is 3.56. The summed E-state index contributed by atoms with van der Waals surface area (Å²) in [6.45, 7) is 6.20. The lowest BCUT2D eigenvalue weighted by molar-refractivity contribution is 0.316. The summed E-state index contributed by atoms with van der Waals surface area (Å²) in [6.07, 6.45) is 2.59. The molecule has 2 heterocycles. The van der Waals surface area contributed by atoms with E-state index in [9.17, 15) is 0 Å². The van der Waals surface area contributed by atoms with Gasteiger partial charge < -0.3 is 4.57 Å². The molecule has 5 heteroatoms. The van der Waals surface area contributed by atoms with Crippen LogP contribution in [0.3, 0.4) is 0 Å². The maximum absolute atomic E-state index is 4.56. The Labute approximate surface area is 165 Å². The van der Waals surface area contributed by atoms with Gasteiger partial charge in [-0.1, -0.05) is 71.9 Å². The van der Waals surface area contributed by atoms with E-state index in [0.29, 0.717) is 0 Å². The summed E-state index contributed by atoms with van der Waals surface area (Å²) in [5, 5.41) is 10.1. The maximum atomic E-state index is 4.56. The number of nitrogens with zero attached hydrogens (tertiary/aromatic N) is 4. The molecule has 0 atom stereocenters. The Bertz CT molecular complexity index is 869. The molecule has 0 bridgehead atoms. The van der Waals surface area contributed by atoms with Crippen LogP contribution in [0, 0.1) is 6.92 Å². The molecule has 0 spiro atoms. The molecule has 1 fully saturated rings. The highest BCUT2D eigenvalue weighted by Gasteiger charge is 2.18. The van der Waals surface area contributed by atoms with Crippen molar-refractivity contribution in [3.05, 3.63) is 77.1 Å². The van der Waals surface area contributed by atoms with Crippen LogP contribution in [-0.2, 0) is 18.8 Å². The Morgan fingerprint density at radius 3 is 2.44 bits per heavy atom. The molecule has 27 heavy (non-hydrogen) atoms. The zero-order chi connectivity index (χ0) is 18.5. The molecule has 2 aromatic carbocycles. The van der Waals surface area contributed by atoms with E-state index < -0.39 is 0 Å². The van der Waals surface area contributed by atoms with Crippen LogP contribution in [0.25, 0.3) is 0 Å². The molecule has 0 unspecified atom stereocenters. The van der Waals surface area contributed by atoms with Gasteiger partial charge in [0.1, 0.15) is 5.82 Å². The summed E-state index contributed by atoms with van der Waals surface area (Å²) >= 11 is 1.78. The van der Waals surface area contributed by atoms with Crippen LogP contribution in [0.1, 0.15) is 35.4 Å². The van der Waals surface area contributed by atoms with Crippen molar-refractivity contribution in [1.82, 2.24) is 19.7 Å². The molecule has 0 amide bonds. The van der Waals surface area contributed by atoms with Crippen LogP contribution in [0.4, 0.5) is 0 Å². The summed E-state index contributed by atoms with van der Waals surface area (Å²) in [5.41, 5.74) is 3.92. The van der Waals surface area contributed by atoms with Crippen molar-refractivity contribution >= 4 is 11.8 Å². The lowest BCUT2D eigenvalue weighted by Crippen LogP contribution is -2.21. The van der Waals surface area contributed by atoms with Gasteiger partial charge in [-0.2, -0.15) is 0 Å². The second-order valence-corrected chi connectivity index (χ2v) is 8.17. The fraction of sp³-hybridized carbons (Fsp3) is 0.364. The van der Waals surface area contributed by atoms with Gasteiger partial charge in [0.15, 0.2) is 5.16 Å². The van der Waals surface area contributed by atoms with Crippen LogP contribution in [-0.4, -0.2) is 32.8 Å². The first-order valence-corrected chi connectivity index (χ1v) is 10.6. The number of rotatable bonds is 7. The number of hydrogen-bond acceptors (Lipinski definition) is 4. The number of thioether (sulfide) groups is 1. The fourth-order valence-corrected chi connectivity index (χ4v) is 4.46. The number of hydrogen-bond donors (Lipinski definition) is 0. The van der Waals surface area contributed by atoms with E-state index in [-0.39, 0.29) is 0 Å². The Morgan fingerprint density at radius 1 is 0.889 bits per heavy atom. The monoisotopic (exact) mass is 378 g/mol. The average Bonchev–Trinajstić information content (AvgIpc) is 3.32. The van der Waals surface area contributed by atoms with Crippen molar-refractivity contribution in [2.45, 2.75) is 43.8 Å². The van der Waals surface area contributed by atoms with Gasteiger partial charge in [-0.05, 0) is 44.0 Å². The van der Waals surface area contributed by atoms with Crippen molar-refractivity contribution in [1.29, 1.82) is 0 Å². The molecule has 0 saturated carbocycles. The normalized spacial score (nSPS) is 14.7. The zero-order valence-electron chi connectivity index (χ0n) is 15.8. The number of likely N-dealkylation sites (tertiary alicyclic amines) is 1. The summed E-state index contributed by atoms with van der Waals surface area (Å²) in [5.74, 6) is 1.99. The molecular weight excluding hydrogens is 352 g/mol. The number of aryl methyl sites for hydroxylation is 1. The third-order valence-electron chi connectivity index (χ3n) is 4.99. The number of aromatic nitrogens is 3. The highest BCUT2D eigenvalue weighted by Crippen LogP contribution is 2.24. The first-order valence-electron chi connectivity index (χ1n) is 9.64. The topological polar surface area (TPSA) is 34.0 Å². The minimum Gasteiger partial charge on any atom is -0.300 e. The first kappa shape index (κ1) is 18.3. The van der Waals surface area contributed by atoms with E-state index in [1.54, 1.807) is 11.8 Å². The van der Waals surface area contributed by atoms with Crippen LogP contribution in [0.15, 0.2) is 59.8 Å². The maximum Gasteiger partial charge on any atom is 0.191 e. The van der Waals surface area contributed by atoms with E-state index in [2.05, 4.69) is 81.2 Å². The molecule has 1 aromatic heterocycles. The molecule has 140 valence electrons. The van der Waals surface area contributed by atoms with E-state index in [1.807, 2.05) is 0 Å². The highest BCUT2D eigenvalue weighted by atomic mass is 32.2. The SMILES string of the molecule is Cc1cccc(CSc2nnc(CN3CCCC3)n2Cc2ccccc2)c1. The van der Waals surface area contributed by atoms with E-state index in [0.717, 1.165) is 29.8 Å². The third-order valence-corrected chi connectivity index (χ3v) is 6.03. The molecule has 3 aromatic rings. The molecule has 4 nitrogen and oxygen atoms in total. The van der Waals surface area contributed by atoms with E-state index in [1.165, 1.54) is 42.6 Å². The van der Waals surface area contributed by atoms with Gasteiger partial charge in [0.25, 0.3) is 0 Å². The predicted octanol–water partition coefficient (Wildman–Crippen LogP) is 4.52. The number of benzene rings is 2. The lowest BCUT2D eigenvalue weighted by Gasteiger charge is -2.16. The smallest absolute Gasteiger partial charge is 0.191 e. The first-order chi connectivity index (χ1) is 13.3. The molecule has 1 aliphatic heterocycles. The summed E-state index contributed by atoms with van der Waals surface area (Å²) in [4.78, 5) is 2.49. The van der Waals surface area contributed by atoms with Crippen LogP contribution in [0.2, 0.25) is 0 Å². The predicted molar refractivity (Wildman–Crippen MR) is 111 cm³/mol. The summed E-state index contributed by atoms with van der Waals surface area (Å²) in [6, 6.07) is 19.3. The third kappa shape index (κ3) is 4.79. The second-order valence-electron chi connectivity index (χ2n) is 7.23. The molecule has 1 aliphatic rings. The van der Waals surface area contributed by atoms with Crippen molar-refractivity contribution in [3.8, 4) is 0 Å². The zero-order valence-corrected chi connectivity index (χ0v) is 16.7. The molecule has 0 radical (unpaired) electrons. The van der Waals surface area contributed by atoms with Gasteiger partial charge in [0.2, 0.25) is 0 Å². The molecular formula is C22H26N4S. The Balaban J connectivity index is 1.54. The molecule has 4 rings (SSSR count). The van der Waals surface area contributed by atoms with E-state index >= 15 is 0 Å². The Hall–Kier alpha value is -2.11. The van der Waals surface area contributed by atoms with Crippen molar-refractivity contribution in [2.24, 2.45) is 0 Å². The largest absolute Gasteiger partial charge is 0.300 e. The van der Waals surface area contributed by atoms with E-state index in [4.69, 9.17) is 0 Å². The van der Waals surface area contributed by atoms with Crippen molar-refractivity contribution < 1.29 is 0 Å². The minimum absolute atomic E-state index is 0.827. The van der Waals surface area contributed by atoms with Gasteiger partial charge in [-0.25, -0.2) is 0 Å². The van der Waals surface area contributed by atoms with Gasteiger partial charge >= 0.3 is 0 Å². The molecule has 1 saturated heterocycles. The van der Waals surface area contributed by atoms with Gasteiger partial charge in [-0.3, -0.25) is 4.90 Å². The average molecular weight is 379 g/mol. The molecule has 0 N–H and O–H groups in total. The van der Waals surface area contributed by atoms with Crippen molar-refractivity contribution in [3.63, 3.8) is 0 Å². The standard InChI is InChI=1S/C22H26N4S/c1-18-8-7-11-20(14-18)17-27-22-24-23-21(16-25-12-5-6-13-25)26(22)15-19-9-3-2-4-10-19/h2-4,7-11,14H,5-6,12-13,15-17H2,1H3. The lowest BCUT2D eigenvalue weighted by atomic mass is 10.2. The Kier molecular flexibility index (Phi) is 5.90. The quantitative estimate of drug-likeness (QED) is 0.566.